The lowest BCUT2D eigenvalue weighted by Gasteiger charge is -2.34. The fourth-order valence-electron chi connectivity index (χ4n) is 3.42. The van der Waals surface area contributed by atoms with Gasteiger partial charge in [0.1, 0.15) is 11.4 Å². The fourth-order valence-corrected chi connectivity index (χ4v) is 3.42. The van der Waals surface area contributed by atoms with Gasteiger partial charge < -0.3 is 15.2 Å². The maximum Gasteiger partial charge on any atom is 0.251 e. The van der Waals surface area contributed by atoms with Gasteiger partial charge in [0.25, 0.3) is 5.91 Å². The van der Waals surface area contributed by atoms with E-state index in [-0.39, 0.29) is 12.5 Å². The van der Waals surface area contributed by atoms with Crippen LogP contribution in [0.15, 0.2) is 42.5 Å². The lowest BCUT2D eigenvalue weighted by atomic mass is 9.79. The third-order valence-electron chi connectivity index (χ3n) is 4.77. The average Bonchev–Trinajstić information content (AvgIpc) is 2.60. The molecule has 1 aliphatic rings. The Morgan fingerprint density at radius 1 is 1.29 bits per heavy atom. The summed E-state index contributed by atoms with van der Waals surface area (Å²) in [6.07, 6.45) is 2.56. The summed E-state index contributed by atoms with van der Waals surface area (Å²) in [6, 6.07) is 13.3. The average molecular weight is 325 g/mol. The number of ether oxygens (including phenoxy) is 1. The van der Waals surface area contributed by atoms with Crippen molar-refractivity contribution in [3.63, 3.8) is 0 Å². The number of benzene rings is 2. The van der Waals surface area contributed by atoms with Crippen LogP contribution in [0.25, 0.3) is 0 Å². The van der Waals surface area contributed by atoms with E-state index >= 15 is 0 Å². The number of rotatable bonds is 4. The van der Waals surface area contributed by atoms with Gasteiger partial charge in [-0.1, -0.05) is 24.3 Å². The van der Waals surface area contributed by atoms with E-state index in [4.69, 9.17) is 4.74 Å². The third-order valence-corrected chi connectivity index (χ3v) is 4.77. The van der Waals surface area contributed by atoms with Crippen molar-refractivity contribution in [1.29, 1.82) is 0 Å². The van der Waals surface area contributed by atoms with Crippen LogP contribution >= 0.6 is 0 Å². The molecule has 0 fully saturated rings. The maximum atomic E-state index is 12.5. The molecule has 4 heteroatoms. The lowest BCUT2D eigenvalue weighted by molar-refractivity contribution is 0.0189. The molecule has 24 heavy (non-hydrogen) atoms. The number of hydrogen-bond acceptors (Lipinski definition) is 3. The molecule has 0 aromatic heterocycles. The fraction of sp³-hybridized carbons (Fsp3) is 0.350. The molecule has 1 aliphatic carbocycles. The number of aliphatic hydroxyl groups is 1. The quantitative estimate of drug-likeness (QED) is 0.908. The monoisotopic (exact) mass is 325 g/mol. The van der Waals surface area contributed by atoms with Crippen LogP contribution in [0.3, 0.4) is 0 Å². The zero-order valence-electron chi connectivity index (χ0n) is 14.1. The van der Waals surface area contributed by atoms with Crippen molar-refractivity contribution in [2.75, 3.05) is 13.7 Å². The molecule has 2 aromatic rings. The third kappa shape index (κ3) is 3.15. The molecule has 1 unspecified atom stereocenters. The van der Waals surface area contributed by atoms with Gasteiger partial charge in [-0.2, -0.15) is 0 Å². The first-order valence-corrected chi connectivity index (χ1v) is 8.27. The van der Waals surface area contributed by atoms with E-state index in [0.29, 0.717) is 12.0 Å². The van der Waals surface area contributed by atoms with Crippen molar-refractivity contribution in [1.82, 2.24) is 5.32 Å². The van der Waals surface area contributed by atoms with Crippen LogP contribution in [0.2, 0.25) is 0 Å². The molecule has 4 nitrogen and oxygen atoms in total. The molecular weight excluding hydrogens is 302 g/mol. The summed E-state index contributed by atoms with van der Waals surface area (Å²) in [6.45, 7) is 2.09. The highest BCUT2D eigenvalue weighted by atomic mass is 16.5. The van der Waals surface area contributed by atoms with E-state index in [2.05, 4.69) is 11.4 Å². The van der Waals surface area contributed by atoms with Gasteiger partial charge in [-0.3, -0.25) is 4.79 Å². The molecule has 0 spiro atoms. The molecular formula is C20H23NO3. The van der Waals surface area contributed by atoms with Gasteiger partial charge in [0.15, 0.2) is 0 Å². The summed E-state index contributed by atoms with van der Waals surface area (Å²) in [5, 5.41) is 13.9. The highest BCUT2D eigenvalue weighted by molar-refractivity contribution is 5.95. The van der Waals surface area contributed by atoms with Gasteiger partial charge in [0.05, 0.1) is 13.7 Å². The Hall–Kier alpha value is -2.33. The van der Waals surface area contributed by atoms with Crippen molar-refractivity contribution in [2.45, 2.75) is 31.8 Å². The van der Waals surface area contributed by atoms with Gasteiger partial charge in [0, 0.05) is 5.56 Å². The van der Waals surface area contributed by atoms with Crippen LogP contribution in [-0.2, 0) is 12.0 Å². The standard InChI is InChI=1S/C20H23NO3/c1-14-12-16(24-2)9-10-17(14)19(22)21-13-20(23)11-5-7-15-6-3-4-8-18(15)20/h3-4,6,8-10,12,23H,5,7,11,13H2,1-2H3,(H,21,22). The second-order valence-corrected chi connectivity index (χ2v) is 6.41. The Labute approximate surface area is 142 Å². The molecule has 0 heterocycles. The molecule has 0 saturated heterocycles. The molecule has 1 atom stereocenters. The van der Waals surface area contributed by atoms with E-state index in [9.17, 15) is 9.90 Å². The van der Waals surface area contributed by atoms with E-state index in [1.165, 1.54) is 5.56 Å². The Kier molecular flexibility index (Phi) is 4.58. The first-order valence-electron chi connectivity index (χ1n) is 8.27. The summed E-state index contributed by atoms with van der Waals surface area (Å²) in [5.41, 5.74) is 2.56. The van der Waals surface area contributed by atoms with Crippen molar-refractivity contribution in [3.05, 3.63) is 64.7 Å². The van der Waals surface area contributed by atoms with Crippen LogP contribution in [0.5, 0.6) is 5.75 Å². The van der Waals surface area contributed by atoms with E-state index in [0.717, 1.165) is 29.7 Å². The lowest BCUT2D eigenvalue weighted by Crippen LogP contribution is -2.43. The highest BCUT2D eigenvalue weighted by Gasteiger charge is 2.34. The summed E-state index contributed by atoms with van der Waals surface area (Å²) < 4.78 is 5.17. The number of carbonyl (C=O) groups excluding carboxylic acids is 1. The smallest absolute Gasteiger partial charge is 0.251 e. The van der Waals surface area contributed by atoms with Crippen LogP contribution in [0.1, 0.15) is 39.9 Å². The predicted octanol–water partition coefficient (Wildman–Crippen LogP) is 2.96. The molecule has 126 valence electrons. The van der Waals surface area contributed by atoms with Crippen LogP contribution < -0.4 is 10.1 Å². The zero-order chi connectivity index (χ0) is 17.2. The van der Waals surface area contributed by atoms with E-state index in [1.807, 2.05) is 31.2 Å². The van der Waals surface area contributed by atoms with Crippen LogP contribution in [-0.4, -0.2) is 24.7 Å². The predicted molar refractivity (Wildman–Crippen MR) is 93.3 cm³/mol. The summed E-state index contributed by atoms with van der Waals surface area (Å²) in [4.78, 5) is 12.5. The van der Waals surface area contributed by atoms with Gasteiger partial charge >= 0.3 is 0 Å². The molecule has 1 amide bonds. The first-order chi connectivity index (χ1) is 11.5. The number of nitrogens with one attached hydrogen (secondary N) is 1. The minimum atomic E-state index is -0.995. The van der Waals surface area contributed by atoms with Gasteiger partial charge in [-0.25, -0.2) is 0 Å². The molecule has 0 saturated carbocycles. The molecule has 2 N–H and O–H groups in total. The summed E-state index contributed by atoms with van der Waals surface area (Å²) >= 11 is 0. The normalized spacial score (nSPS) is 19.5. The van der Waals surface area contributed by atoms with Crippen LogP contribution in [0, 0.1) is 6.92 Å². The Bertz CT molecular complexity index is 756. The number of hydrogen-bond donors (Lipinski definition) is 2. The summed E-state index contributed by atoms with van der Waals surface area (Å²) in [7, 11) is 1.60. The van der Waals surface area contributed by atoms with Gasteiger partial charge in [-0.05, 0) is 61.1 Å². The Morgan fingerprint density at radius 3 is 2.83 bits per heavy atom. The second-order valence-electron chi connectivity index (χ2n) is 6.41. The minimum Gasteiger partial charge on any atom is -0.497 e. The van der Waals surface area contributed by atoms with Crippen molar-refractivity contribution < 1.29 is 14.6 Å². The molecule has 0 aliphatic heterocycles. The molecule has 3 rings (SSSR count). The Morgan fingerprint density at radius 2 is 2.08 bits per heavy atom. The molecule has 0 bridgehead atoms. The van der Waals surface area contributed by atoms with Crippen LogP contribution in [0.4, 0.5) is 0 Å². The van der Waals surface area contributed by atoms with Crippen molar-refractivity contribution >= 4 is 5.91 Å². The topological polar surface area (TPSA) is 58.6 Å². The Balaban J connectivity index is 1.75. The molecule has 2 aromatic carbocycles. The number of aryl methyl sites for hydroxylation is 2. The molecule has 0 radical (unpaired) electrons. The summed E-state index contributed by atoms with van der Waals surface area (Å²) in [5.74, 6) is 0.551. The van der Waals surface area contributed by atoms with Gasteiger partial charge in [0.2, 0.25) is 0 Å². The second kappa shape index (κ2) is 6.65. The SMILES string of the molecule is COc1ccc(C(=O)NCC2(O)CCCc3ccccc32)c(C)c1. The maximum absolute atomic E-state index is 12.5. The number of carbonyl (C=O) groups is 1. The highest BCUT2D eigenvalue weighted by Crippen LogP contribution is 2.34. The van der Waals surface area contributed by atoms with E-state index in [1.54, 1.807) is 19.2 Å². The number of methoxy groups -OCH3 is 1. The van der Waals surface area contributed by atoms with Crippen molar-refractivity contribution in [3.8, 4) is 5.75 Å². The zero-order valence-corrected chi connectivity index (χ0v) is 14.1. The number of fused-ring (bicyclic) bond motifs is 1. The van der Waals surface area contributed by atoms with Gasteiger partial charge in [-0.15, -0.1) is 0 Å². The van der Waals surface area contributed by atoms with E-state index < -0.39 is 5.60 Å². The number of amides is 1. The first kappa shape index (κ1) is 16.5. The van der Waals surface area contributed by atoms with Crippen molar-refractivity contribution in [2.24, 2.45) is 0 Å². The minimum absolute atomic E-state index is 0.174. The largest absolute Gasteiger partial charge is 0.497 e.